The Labute approximate surface area is 193 Å². The van der Waals surface area contributed by atoms with Crippen LogP contribution >= 0.6 is 34.7 Å². The van der Waals surface area contributed by atoms with Crippen LogP contribution in [0.15, 0.2) is 65.3 Å². The quantitative estimate of drug-likeness (QED) is 0.246. The molecule has 8 heteroatoms. The number of ether oxygens (including phenoxy) is 1. The van der Waals surface area contributed by atoms with Crippen LogP contribution in [0.25, 0.3) is 21.3 Å². The fourth-order valence-electron chi connectivity index (χ4n) is 3.22. The first-order valence-corrected chi connectivity index (χ1v) is 11.8. The van der Waals surface area contributed by atoms with E-state index in [-0.39, 0.29) is 11.2 Å². The zero-order valence-corrected chi connectivity index (χ0v) is 19.4. The number of hydrogen-bond acceptors (Lipinski definition) is 6. The molecule has 2 aromatic carbocycles. The molecule has 0 aliphatic rings. The van der Waals surface area contributed by atoms with E-state index in [1.54, 1.807) is 43.0 Å². The molecule has 1 unspecified atom stereocenters. The van der Waals surface area contributed by atoms with Crippen molar-refractivity contribution in [2.75, 3.05) is 12.4 Å². The standard InChI is InChI=1S/C23H20ClN3O2S2/c1-3-19(21(28)27-17-11-15(24)9-10-18(17)29-2)31-23-20-16(14-7-5-4-6-8-14)12-30-22(20)25-13-26-23/h4-13,19H,3H2,1-2H3,(H,27,28). The van der Waals surface area contributed by atoms with E-state index in [9.17, 15) is 4.79 Å². The van der Waals surface area contributed by atoms with Crippen LogP contribution in [0, 0.1) is 0 Å². The lowest BCUT2D eigenvalue weighted by Gasteiger charge is -2.16. The van der Waals surface area contributed by atoms with Crippen molar-refractivity contribution in [3.63, 3.8) is 0 Å². The van der Waals surface area contributed by atoms with E-state index in [2.05, 4.69) is 32.8 Å². The smallest absolute Gasteiger partial charge is 0.238 e. The Bertz CT molecular complexity index is 1210. The topological polar surface area (TPSA) is 64.1 Å². The summed E-state index contributed by atoms with van der Waals surface area (Å²) in [5.41, 5.74) is 2.73. The first-order chi connectivity index (χ1) is 15.1. The second-order valence-electron chi connectivity index (χ2n) is 6.72. The van der Waals surface area contributed by atoms with Gasteiger partial charge in [-0.05, 0) is 30.2 Å². The van der Waals surface area contributed by atoms with E-state index in [4.69, 9.17) is 16.3 Å². The number of thioether (sulfide) groups is 1. The second kappa shape index (κ2) is 9.68. The van der Waals surface area contributed by atoms with Crippen LogP contribution in [0.2, 0.25) is 5.02 Å². The number of halogens is 1. The molecule has 4 aromatic rings. The van der Waals surface area contributed by atoms with Crippen molar-refractivity contribution >= 4 is 56.5 Å². The molecule has 0 radical (unpaired) electrons. The first kappa shape index (κ1) is 21.6. The molecule has 1 atom stereocenters. The summed E-state index contributed by atoms with van der Waals surface area (Å²) in [5, 5.41) is 7.01. The first-order valence-electron chi connectivity index (χ1n) is 9.69. The molecule has 5 nitrogen and oxygen atoms in total. The van der Waals surface area contributed by atoms with Crippen LogP contribution in [-0.4, -0.2) is 28.2 Å². The third-order valence-corrected chi connectivity index (χ3v) is 7.24. The molecular weight excluding hydrogens is 450 g/mol. The van der Waals surface area contributed by atoms with Gasteiger partial charge in [0, 0.05) is 16.0 Å². The highest BCUT2D eigenvalue weighted by molar-refractivity contribution is 8.00. The second-order valence-corrected chi connectivity index (χ2v) is 9.21. The van der Waals surface area contributed by atoms with Gasteiger partial charge in [0.15, 0.2) is 0 Å². The molecule has 0 saturated heterocycles. The molecule has 31 heavy (non-hydrogen) atoms. The van der Waals surface area contributed by atoms with Gasteiger partial charge in [0.25, 0.3) is 0 Å². The third kappa shape index (κ3) is 4.69. The van der Waals surface area contributed by atoms with Crippen molar-refractivity contribution in [2.45, 2.75) is 23.6 Å². The third-order valence-electron chi connectivity index (χ3n) is 4.76. The van der Waals surface area contributed by atoms with Gasteiger partial charge in [-0.3, -0.25) is 4.79 Å². The minimum absolute atomic E-state index is 0.128. The largest absolute Gasteiger partial charge is 0.495 e. The molecule has 1 N–H and O–H groups in total. The zero-order valence-electron chi connectivity index (χ0n) is 17.0. The summed E-state index contributed by atoms with van der Waals surface area (Å²) in [6.45, 7) is 1.98. The Morgan fingerprint density at radius 1 is 1.23 bits per heavy atom. The van der Waals surface area contributed by atoms with E-state index >= 15 is 0 Å². The summed E-state index contributed by atoms with van der Waals surface area (Å²) in [5.74, 6) is 0.433. The fraction of sp³-hybridized carbons (Fsp3) is 0.174. The number of carbonyl (C=O) groups is 1. The van der Waals surface area contributed by atoms with Gasteiger partial charge in [-0.25, -0.2) is 9.97 Å². The molecule has 0 aliphatic carbocycles. The maximum atomic E-state index is 13.1. The number of aromatic nitrogens is 2. The van der Waals surface area contributed by atoms with E-state index in [1.807, 2.05) is 25.1 Å². The number of nitrogens with one attached hydrogen (secondary N) is 1. The molecule has 0 saturated carbocycles. The van der Waals surface area contributed by atoms with Gasteiger partial charge >= 0.3 is 0 Å². The highest BCUT2D eigenvalue weighted by Gasteiger charge is 2.23. The van der Waals surface area contributed by atoms with Gasteiger partial charge in [-0.2, -0.15) is 0 Å². The van der Waals surface area contributed by atoms with Crippen LogP contribution in [0.5, 0.6) is 5.75 Å². The zero-order chi connectivity index (χ0) is 21.8. The van der Waals surface area contributed by atoms with Crippen molar-refractivity contribution in [3.8, 4) is 16.9 Å². The van der Waals surface area contributed by atoms with Crippen LogP contribution in [0.3, 0.4) is 0 Å². The molecule has 0 aliphatic heterocycles. The van der Waals surface area contributed by atoms with E-state index in [1.165, 1.54) is 11.8 Å². The lowest BCUT2D eigenvalue weighted by Crippen LogP contribution is -2.25. The number of thiophene rings is 1. The predicted octanol–water partition coefficient (Wildman–Crippen LogP) is 6.53. The van der Waals surface area contributed by atoms with Gasteiger partial charge in [-0.15, -0.1) is 11.3 Å². The molecule has 4 rings (SSSR count). The van der Waals surface area contributed by atoms with Crippen molar-refractivity contribution in [3.05, 3.63) is 65.3 Å². The lowest BCUT2D eigenvalue weighted by atomic mass is 10.1. The average molecular weight is 470 g/mol. The number of fused-ring (bicyclic) bond motifs is 1. The number of benzene rings is 2. The molecule has 158 valence electrons. The Balaban J connectivity index is 1.64. The van der Waals surface area contributed by atoms with E-state index < -0.39 is 0 Å². The maximum Gasteiger partial charge on any atom is 0.238 e. The SMILES string of the molecule is CCC(Sc1ncnc2scc(-c3ccccc3)c12)C(=O)Nc1cc(Cl)ccc1OC. The minimum atomic E-state index is -0.342. The average Bonchev–Trinajstić information content (AvgIpc) is 3.23. The number of carbonyl (C=O) groups excluding carboxylic acids is 1. The van der Waals surface area contributed by atoms with Crippen molar-refractivity contribution < 1.29 is 9.53 Å². The highest BCUT2D eigenvalue weighted by Crippen LogP contribution is 2.39. The molecule has 2 heterocycles. The lowest BCUT2D eigenvalue weighted by molar-refractivity contribution is -0.115. The molecule has 0 bridgehead atoms. The van der Waals surface area contributed by atoms with Crippen LogP contribution in [-0.2, 0) is 4.79 Å². The normalized spacial score (nSPS) is 12.0. The van der Waals surface area contributed by atoms with Crippen LogP contribution in [0.4, 0.5) is 5.69 Å². The summed E-state index contributed by atoms with van der Waals surface area (Å²) in [6, 6.07) is 15.3. The van der Waals surface area contributed by atoms with Crippen LogP contribution in [0.1, 0.15) is 13.3 Å². The number of amides is 1. The van der Waals surface area contributed by atoms with Crippen LogP contribution < -0.4 is 10.1 Å². The molecule has 0 fully saturated rings. The Hall–Kier alpha value is -2.61. The van der Waals surface area contributed by atoms with Gasteiger partial charge < -0.3 is 10.1 Å². The molecule has 0 spiro atoms. The summed E-state index contributed by atoms with van der Waals surface area (Å²) >= 11 is 9.13. The van der Waals surface area contributed by atoms with Gasteiger partial charge in [0.05, 0.1) is 23.4 Å². The fourth-order valence-corrected chi connectivity index (χ4v) is 5.40. The number of methoxy groups -OCH3 is 1. The van der Waals surface area contributed by atoms with E-state index in [0.29, 0.717) is 22.9 Å². The van der Waals surface area contributed by atoms with Crippen molar-refractivity contribution in [1.29, 1.82) is 0 Å². The summed E-state index contributed by atoms with van der Waals surface area (Å²) in [6.07, 6.45) is 2.19. The minimum Gasteiger partial charge on any atom is -0.495 e. The Morgan fingerprint density at radius 3 is 2.77 bits per heavy atom. The summed E-state index contributed by atoms with van der Waals surface area (Å²) in [4.78, 5) is 22.9. The number of nitrogens with zero attached hydrogens (tertiary/aromatic N) is 2. The monoisotopic (exact) mass is 469 g/mol. The maximum absolute atomic E-state index is 13.1. The summed E-state index contributed by atoms with van der Waals surface area (Å²) < 4.78 is 5.35. The summed E-state index contributed by atoms with van der Waals surface area (Å²) in [7, 11) is 1.56. The number of hydrogen-bond donors (Lipinski definition) is 1. The number of anilines is 1. The van der Waals surface area contributed by atoms with Crippen molar-refractivity contribution in [2.24, 2.45) is 0 Å². The van der Waals surface area contributed by atoms with E-state index in [0.717, 1.165) is 26.4 Å². The van der Waals surface area contributed by atoms with Gasteiger partial charge in [0.2, 0.25) is 5.91 Å². The molecule has 1 amide bonds. The van der Waals surface area contributed by atoms with Gasteiger partial charge in [0.1, 0.15) is 21.9 Å². The molecule has 2 aromatic heterocycles. The van der Waals surface area contributed by atoms with Gasteiger partial charge in [-0.1, -0.05) is 60.6 Å². The Morgan fingerprint density at radius 2 is 2.03 bits per heavy atom. The van der Waals surface area contributed by atoms with Crippen molar-refractivity contribution in [1.82, 2.24) is 9.97 Å². The Kier molecular flexibility index (Phi) is 6.75. The highest BCUT2D eigenvalue weighted by atomic mass is 35.5. The predicted molar refractivity (Wildman–Crippen MR) is 129 cm³/mol. The molecular formula is C23H20ClN3O2S2. The number of rotatable bonds is 7.